The highest BCUT2D eigenvalue weighted by Gasteiger charge is 2.37. The standard InChI is InChI=1S/C31H29F3N2O3/c1-30(24-8-5-9-25(20-24)31(32,33)34)13-16-35(17-14-30)28(38)22-10-11-26-23(18-22)19-27(37)36(29(26)39)15-12-21-6-3-2-4-7-21/h2-11,18,20H,12-17,19H2,1H3. The van der Waals surface area contributed by atoms with Gasteiger partial charge in [-0.25, -0.2) is 0 Å². The summed E-state index contributed by atoms with van der Waals surface area (Å²) in [5.41, 5.74) is 1.87. The lowest BCUT2D eigenvalue weighted by atomic mass is 9.74. The zero-order chi connectivity index (χ0) is 27.8. The van der Waals surface area contributed by atoms with Gasteiger partial charge in [0.15, 0.2) is 0 Å². The number of hydrogen-bond acceptors (Lipinski definition) is 3. The monoisotopic (exact) mass is 534 g/mol. The molecule has 0 spiro atoms. The molecule has 0 aromatic heterocycles. The van der Waals surface area contributed by atoms with Crippen molar-refractivity contribution >= 4 is 17.7 Å². The Bertz CT molecular complexity index is 1410. The van der Waals surface area contributed by atoms with Crippen LogP contribution in [0.2, 0.25) is 0 Å². The van der Waals surface area contributed by atoms with E-state index in [0.29, 0.717) is 61.2 Å². The maximum Gasteiger partial charge on any atom is 0.416 e. The first-order valence-electron chi connectivity index (χ1n) is 13.0. The van der Waals surface area contributed by atoms with Crippen LogP contribution in [-0.4, -0.2) is 47.2 Å². The second-order valence-electron chi connectivity index (χ2n) is 10.6. The number of fused-ring (bicyclic) bond motifs is 1. The van der Waals surface area contributed by atoms with E-state index in [1.165, 1.54) is 17.0 Å². The third-order valence-electron chi connectivity index (χ3n) is 7.98. The molecule has 5 nitrogen and oxygen atoms in total. The molecule has 0 atom stereocenters. The largest absolute Gasteiger partial charge is 0.416 e. The van der Waals surface area contributed by atoms with E-state index in [0.717, 1.165) is 11.6 Å². The average Bonchev–Trinajstić information content (AvgIpc) is 2.93. The Labute approximate surface area is 225 Å². The number of carbonyl (C=O) groups is 3. The molecular weight excluding hydrogens is 505 g/mol. The van der Waals surface area contributed by atoms with Crippen molar-refractivity contribution in [1.82, 2.24) is 9.80 Å². The lowest BCUT2D eigenvalue weighted by Crippen LogP contribution is -2.44. The molecule has 8 heteroatoms. The number of likely N-dealkylation sites (tertiary alicyclic amines) is 1. The maximum atomic E-state index is 13.3. The third kappa shape index (κ3) is 5.46. The molecule has 1 saturated heterocycles. The molecule has 1 fully saturated rings. The predicted molar refractivity (Wildman–Crippen MR) is 140 cm³/mol. The number of rotatable bonds is 5. The number of carbonyl (C=O) groups excluding carboxylic acids is 3. The van der Waals surface area contributed by atoms with Crippen molar-refractivity contribution in [2.45, 2.75) is 44.2 Å². The number of piperidine rings is 1. The smallest absolute Gasteiger partial charge is 0.339 e. The van der Waals surface area contributed by atoms with E-state index < -0.39 is 17.2 Å². The summed E-state index contributed by atoms with van der Waals surface area (Å²) in [5, 5.41) is 0. The lowest BCUT2D eigenvalue weighted by Gasteiger charge is -2.40. The molecule has 5 rings (SSSR count). The van der Waals surface area contributed by atoms with Gasteiger partial charge in [0.1, 0.15) is 0 Å². The molecule has 3 amide bonds. The van der Waals surface area contributed by atoms with Crippen molar-refractivity contribution in [1.29, 1.82) is 0 Å². The van der Waals surface area contributed by atoms with E-state index in [9.17, 15) is 27.6 Å². The van der Waals surface area contributed by atoms with Gasteiger partial charge in [-0.3, -0.25) is 19.3 Å². The minimum atomic E-state index is -4.41. The van der Waals surface area contributed by atoms with E-state index >= 15 is 0 Å². The van der Waals surface area contributed by atoms with Gasteiger partial charge >= 0.3 is 6.18 Å². The zero-order valence-corrected chi connectivity index (χ0v) is 21.6. The Kier molecular flexibility index (Phi) is 7.05. The first kappa shape index (κ1) is 26.7. The average molecular weight is 535 g/mol. The van der Waals surface area contributed by atoms with E-state index in [1.54, 1.807) is 29.2 Å². The van der Waals surface area contributed by atoms with Crippen LogP contribution in [0.3, 0.4) is 0 Å². The Balaban J connectivity index is 1.25. The van der Waals surface area contributed by atoms with Gasteiger partial charge < -0.3 is 4.90 Å². The van der Waals surface area contributed by atoms with Gasteiger partial charge in [0, 0.05) is 30.8 Å². The first-order valence-corrected chi connectivity index (χ1v) is 13.0. The topological polar surface area (TPSA) is 57.7 Å². The molecule has 0 bridgehead atoms. The molecule has 2 heterocycles. The van der Waals surface area contributed by atoms with Gasteiger partial charge in [-0.1, -0.05) is 55.5 Å². The SMILES string of the molecule is CC1(c2cccc(C(F)(F)F)c2)CCN(C(=O)c2ccc3c(c2)CC(=O)N(CCc2ccccc2)C3=O)CC1. The number of imide groups is 1. The number of alkyl halides is 3. The molecule has 2 aliphatic heterocycles. The Morgan fingerprint density at radius 2 is 1.64 bits per heavy atom. The molecule has 202 valence electrons. The minimum absolute atomic E-state index is 0.0462. The number of amides is 3. The van der Waals surface area contributed by atoms with Gasteiger partial charge in [0.2, 0.25) is 5.91 Å². The van der Waals surface area contributed by atoms with Crippen LogP contribution >= 0.6 is 0 Å². The zero-order valence-electron chi connectivity index (χ0n) is 21.6. The normalized spacial score (nSPS) is 17.2. The van der Waals surface area contributed by atoms with Crippen molar-refractivity contribution in [2.75, 3.05) is 19.6 Å². The first-order chi connectivity index (χ1) is 18.5. The minimum Gasteiger partial charge on any atom is -0.339 e. The fourth-order valence-electron chi connectivity index (χ4n) is 5.46. The molecule has 0 aliphatic carbocycles. The van der Waals surface area contributed by atoms with E-state index in [1.807, 2.05) is 37.3 Å². The summed E-state index contributed by atoms with van der Waals surface area (Å²) in [6.45, 7) is 3.02. The third-order valence-corrected chi connectivity index (χ3v) is 7.98. The molecule has 0 saturated carbocycles. The second kappa shape index (κ2) is 10.3. The summed E-state index contributed by atoms with van der Waals surface area (Å²) < 4.78 is 39.6. The van der Waals surface area contributed by atoms with Crippen molar-refractivity contribution in [3.8, 4) is 0 Å². The van der Waals surface area contributed by atoms with Gasteiger partial charge in [-0.05, 0) is 65.6 Å². The van der Waals surface area contributed by atoms with Crippen LogP contribution in [0, 0.1) is 0 Å². The Hall–Kier alpha value is -3.94. The van der Waals surface area contributed by atoms with Crippen molar-refractivity contribution in [2.24, 2.45) is 0 Å². The van der Waals surface area contributed by atoms with Crippen LogP contribution in [0.5, 0.6) is 0 Å². The molecule has 39 heavy (non-hydrogen) atoms. The van der Waals surface area contributed by atoms with Crippen LogP contribution in [0.15, 0.2) is 72.8 Å². The molecule has 3 aromatic carbocycles. The Morgan fingerprint density at radius 1 is 0.923 bits per heavy atom. The summed E-state index contributed by atoms with van der Waals surface area (Å²) in [6.07, 6.45) is -2.74. The highest BCUT2D eigenvalue weighted by Crippen LogP contribution is 2.38. The maximum absolute atomic E-state index is 13.3. The fourth-order valence-corrected chi connectivity index (χ4v) is 5.46. The quantitative estimate of drug-likeness (QED) is 0.397. The number of nitrogens with zero attached hydrogens (tertiary/aromatic N) is 2. The lowest BCUT2D eigenvalue weighted by molar-refractivity contribution is -0.137. The van der Waals surface area contributed by atoms with E-state index in [2.05, 4.69) is 0 Å². The summed E-state index contributed by atoms with van der Waals surface area (Å²) in [7, 11) is 0. The molecule has 0 radical (unpaired) electrons. The number of benzene rings is 3. The van der Waals surface area contributed by atoms with Crippen LogP contribution < -0.4 is 0 Å². The number of hydrogen-bond donors (Lipinski definition) is 0. The molecule has 2 aliphatic rings. The summed E-state index contributed by atoms with van der Waals surface area (Å²) in [5.74, 6) is -0.857. The van der Waals surface area contributed by atoms with Crippen molar-refractivity contribution in [3.05, 3.63) is 106 Å². The molecular formula is C31H29F3N2O3. The molecule has 0 unspecified atom stereocenters. The van der Waals surface area contributed by atoms with Crippen molar-refractivity contribution < 1.29 is 27.6 Å². The van der Waals surface area contributed by atoms with E-state index in [4.69, 9.17) is 0 Å². The predicted octanol–water partition coefficient (Wildman–Crippen LogP) is 5.67. The number of halogens is 3. The van der Waals surface area contributed by atoms with E-state index in [-0.39, 0.29) is 24.1 Å². The highest BCUT2D eigenvalue weighted by molar-refractivity contribution is 6.10. The summed E-state index contributed by atoms with van der Waals surface area (Å²) in [6, 6.07) is 19.9. The summed E-state index contributed by atoms with van der Waals surface area (Å²) in [4.78, 5) is 42.1. The van der Waals surface area contributed by atoms with Gasteiger partial charge in [-0.2, -0.15) is 13.2 Å². The summed E-state index contributed by atoms with van der Waals surface area (Å²) >= 11 is 0. The van der Waals surface area contributed by atoms with Crippen LogP contribution in [0.25, 0.3) is 0 Å². The molecule has 0 N–H and O–H groups in total. The fraction of sp³-hybridized carbons (Fsp3) is 0.323. The van der Waals surface area contributed by atoms with Gasteiger partial charge in [-0.15, -0.1) is 0 Å². The van der Waals surface area contributed by atoms with Crippen LogP contribution in [-0.2, 0) is 29.2 Å². The van der Waals surface area contributed by atoms with Crippen LogP contribution in [0.4, 0.5) is 13.2 Å². The van der Waals surface area contributed by atoms with Crippen molar-refractivity contribution in [3.63, 3.8) is 0 Å². The Morgan fingerprint density at radius 3 is 2.33 bits per heavy atom. The molecule has 3 aromatic rings. The van der Waals surface area contributed by atoms with Crippen LogP contribution in [0.1, 0.15) is 62.7 Å². The second-order valence-corrected chi connectivity index (χ2v) is 10.6. The highest BCUT2D eigenvalue weighted by atomic mass is 19.4. The van der Waals surface area contributed by atoms with Gasteiger partial charge in [0.25, 0.3) is 11.8 Å². The van der Waals surface area contributed by atoms with Gasteiger partial charge in [0.05, 0.1) is 12.0 Å².